The number of thiophene rings is 1. The molecule has 0 spiro atoms. The van der Waals surface area contributed by atoms with E-state index in [0.717, 1.165) is 5.56 Å². The number of aryl methyl sites for hydroxylation is 1. The Morgan fingerprint density at radius 2 is 2.05 bits per heavy atom. The van der Waals surface area contributed by atoms with Gasteiger partial charge in [-0.15, -0.1) is 11.3 Å². The number of nitrogens with one attached hydrogen (secondary N) is 1. The molecule has 4 nitrogen and oxygen atoms in total. The second-order valence-corrected chi connectivity index (χ2v) is 9.40. The molecule has 0 unspecified atom stereocenters. The molecule has 0 amide bonds. The third-order valence-electron chi connectivity index (χ3n) is 2.14. The second-order valence-electron chi connectivity index (χ2n) is 3.65. The molecule has 0 saturated heterocycles. The number of rotatable bonds is 3. The van der Waals surface area contributed by atoms with Crippen molar-refractivity contribution in [2.24, 2.45) is 0 Å². The molecule has 0 aliphatic heterocycles. The summed E-state index contributed by atoms with van der Waals surface area (Å²) in [5.74, 6) is 0. The first-order chi connectivity index (χ1) is 8.79. The molecule has 0 saturated carbocycles. The zero-order chi connectivity index (χ0) is 14.2. The number of aromatic nitrogens is 1. The van der Waals surface area contributed by atoms with E-state index in [1.165, 1.54) is 17.4 Å². The topological polar surface area (TPSA) is 59.1 Å². The Labute approximate surface area is 136 Å². The SMILES string of the molecule is Cc1cnc(Cl)c(NS(=O)(=O)c2cc(Br)sc2Br)c1. The van der Waals surface area contributed by atoms with E-state index in [9.17, 15) is 8.42 Å². The Bertz CT molecular complexity index is 731. The molecule has 102 valence electrons. The van der Waals surface area contributed by atoms with Crippen LogP contribution >= 0.6 is 54.8 Å². The normalized spacial score (nSPS) is 11.6. The smallest absolute Gasteiger partial charge is 0.264 e. The van der Waals surface area contributed by atoms with Crippen molar-refractivity contribution >= 4 is 70.5 Å². The molecule has 0 radical (unpaired) electrons. The molecule has 2 aromatic rings. The summed E-state index contributed by atoms with van der Waals surface area (Å²) in [4.78, 5) is 4.06. The van der Waals surface area contributed by atoms with Crippen molar-refractivity contribution in [2.45, 2.75) is 11.8 Å². The van der Waals surface area contributed by atoms with E-state index in [4.69, 9.17) is 11.6 Å². The van der Waals surface area contributed by atoms with Crippen LogP contribution in [-0.2, 0) is 10.0 Å². The Balaban J connectivity index is 2.42. The monoisotopic (exact) mass is 444 g/mol. The maximum Gasteiger partial charge on any atom is 0.264 e. The van der Waals surface area contributed by atoms with Crippen molar-refractivity contribution in [3.05, 3.63) is 36.6 Å². The fraction of sp³-hybridized carbons (Fsp3) is 0.100. The lowest BCUT2D eigenvalue weighted by Gasteiger charge is -2.08. The molecule has 1 N–H and O–H groups in total. The molecule has 2 heterocycles. The summed E-state index contributed by atoms with van der Waals surface area (Å²) in [6, 6.07) is 3.15. The van der Waals surface area contributed by atoms with Gasteiger partial charge in [0.05, 0.1) is 13.3 Å². The van der Waals surface area contributed by atoms with E-state index in [-0.39, 0.29) is 15.7 Å². The van der Waals surface area contributed by atoms with Gasteiger partial charge >= 0.3 is 0 Å². The van der Waals surface area contributed by atoms with Crippen molar-refractivity contribution in [2.75, 3.05) is 4.72 Å². The van der Waals surface area contributed by atoms with Crippen molar-refractivity contribution in [1.29, 1.82) is 0 Å². The predicted molar refractivity (Wildman–Crippen MR) is 84.5 cm³/mol. The third kappa shape index (κ3) is 3.49. The van der Waals surface area contributed by atoms with Crippen LogP contribution in [0.5, 0.6) is 0 Å². The first-order valence-corrected chi connectivity index (χ1v) is 9.16. The lowest BCUT2D eigenvalue weighted by atomic mass is 10.3. The summed E-state index contributed by atoms with van der Waals surface area (Å²) in [5.41, 5.74) is 1.07. The van der Waals surface area contributed by atoms with Crippen LogP contribution in [-0.4, -0.2) is 13.4 Å². The van der Waals surface area contributed by atoms with Gasteiger partial charge < -0.3 is 0 Å². The lowest BCUT2D eigenvalue weighted by molar-refractivity contribution is 0.601. The average Bonchev–Trinajstić information content (AvgIpc) is 2.63. The highest BCUT2D eigenvalue weighted by molar-refractivity contribution is 9.12. The molecular formula is C10H7Br2ClN2O2S2. The Kier molecular flexibility index (Phi) is 4.56. The van der Waals surface area contributed by atoms with E-state index in [0.29, 0.717) is 7.57 Å². The summed E-state index contributed by atoms with van der Waals surface area (Å²) < 4.78 is 28.2. The molecule has 0 bridgehead atoms. The van der Waals surface area contributed by atoms with Gasteiger partial charge in [-0.1, -0.05) is 11.6 Å². The van der Waals surface area contributed by atoms with Gasteiger partial charge in [0.1, 0.15) is 4.90 Å². The molecule has 0 aliphatic carbocycles. The van der Waals surface area contributed by atoms with Gasteiger partial charge in [-0.2, -0.15) is 0 Å². The molecule has 0 fully saturated rings. The second kappa shape index (κ2) is 5.69. The van der Waals surface area contributed by atoms with Crippen LogP contribution in [0.2, 0.25) is 5.15 Å². The van der Waals surface area contributed by atoms with Gasteiger partial charge in [-0.05, 0) is 56.5 Å². The quantitative estimate of drug-likeness (QED) is 0.710. The first-order valence-electron chi connectivity index (χ1n) is 4.89. The number of halogens is 3. The Hall–Kier alpha value is -0.150. The van der Waals surface area contributed by atoms with Crippen LogP contribution in [0.25, 0.3) is 0 Å². The highest BCUT2D eigenvalue weighted by atomic mass is 79.9. The van der Waals surface area contributed by atoms with Crippen molar-refractivity contribution in [3.8, 4) is 0 Å². The molecule has 19 heavy (non-hydrogen) atoms. The molecule has 0 aliphatic rings. The maximum atomic E-state index is 12.3. The predicted octanol–water partition coefficient (Wildman–Crippen LogP) is 4.43. The molecule has 2 aromatic heterocycles. The van der Waals surface area contributed by atoms with Crippen molar-refractivity contribution in [1.82, 2.24) is 4.98 Å². The lowest BCUT2D eigenvalue weighted by Crippen LogP contribution is -2.13. The number of hydrogen-bond acceptors (Lipinski definition) is 4. The van der Waals surface area contributed by atoms with Gasteiger partial charge in [-0.25, -0.2) is 13.4 Å². The van der Waals surface area contributed by atoms with Crippen molar-refractivity contribution < 1.29 is 8.42 Å². The highest BCUT2D eigenvalue weighted by Crippen LogP contribution is 2.36. The van der Waals surface area contributed by atoms with Crippen LogP contribution < -0.4 is 4.72 Å². The zero-order valence-corrected chi connectivity index (χ0v) is 15.0. The number of sulfonamides is 1. The van der Waals surface area contributed by atoms with Crippen LogP contribution in [0.15, 0.2) is 30.8 Å². The van der Waals surface area contributed by atoms with Crippen LogP contribution in [0, 0.1) is 6.92 Å². The van der Waals surface area contributed by atoms with E-state index in [1.54, 1.807) is 19.2 Å². The average molecular weight is 447 g/mol. The number of pyridine rings is 1. The number of hydrogen-bond donors (Lipinski definition) is 1. The van der Waals surface area contributed by atoms with Gasteiger partial charge in [0.2, 0.25) is 0 Å². The van der Waals surface area contributed by atoms with E-state index in [2.05, 4.69) is 41.6 Å². The van der Waals surface area contributed by atoms with Gasteiger partial charge in [0, 0.05) is 6.20 Å². The van der Waals surface area contributed by atoms with E-state index >= 15 is 0 Å². The third-order valence-corrected chi connectivity index (χ3v) is 6.56. The van der Waals surface area contributed by atoms with Gasteiger partial charge in [0.15, 0.2) is 5.15 Å². The fourth-order valence-corrected chi connectivity index (χ4v) is 6.41. The number of nitrogens with zero attached hydrogens (tertiary/aromatic N) is 1. The largest absolute Gasteiger partial charge is 0.276 e. The maximum absolute atomic E-state index is 12.3. The van der Waals surface area contributed by atoms with E-state index < -0.39 is 10.0 Å². The Morgan fingerprint density at radius 1 is 1.37 bits per heavy atom. The molecule has 0 aromatic carbocycles. The standard InChI is InChI=1S/C10H7Br2ClN2O2S2/c1-5-2-6(10(13)14-4-5)15-19(16,17)7-3-8(11)18-9(7)12/h2-4,15H,1H3. The molecular weight excluding hydrogens is 440 g/mol. The summed E-state index contributed by atoms with van der Waals surface area (Å²) in [6.07, 6.45) is 1.57. The van der Waals surface area contributed by atoms with E-state index in [1.807, 2.05) is 0 Å². The minimum atomic E-state index is -3.70. The summed E-state index contributed by atoms with van der Waals surface area (Å²) in [7, 11) is -3.70. The fourth-order valence-electron chi connectivity index (χ4n) is 1.33. The molecule has 0 atom stereocenters. The summed E-state index contributed by atoms with van der Waals surface area (Å²) in [6.45, 7) is 1.80. The molecule has 9 heteroatoms. The highest BCUT2D eigenvalue weighted by Gasteiger charge is 2.21. The zero-order valence-electron chi connectivity index (χ0n) is 9.45. The minimum absolute atomic E-state index is 0.111. The Morgan fingerprint density at radius 3 is 2.63 bits per heavy atom. The van der Waals surface area contributed by atoms with Crippen molar-refractivity contribution in [3.63, 3.8) is 0 Å². The minimum Gasteiger partial charge on any atom is -0.276 e. The summed E-state index contributed by atoms with van der Waals surface area (Å²) >= 11 is 13.6. The first kappa shape index (κ1) is 15.2. The number of anilines is 1. The van der Waals surface area contributed by atoms with Crippen LogP contribution in [0.1, 0.15) is 5.56 Å². The summed E-state index contributed by atoms with van der Waals surface area (Å²) in [5, 5.41) is 0.111. The van der Waals surface area contributed by atoms with Crippen LogP contribution in [0.4, 0.5) is 5.69 Å². The van der Waals surface area contributed by atoms with Gasteiger partial charge in [-0.3, -0.25) is 4.72 Å². The van der Waals surface area contributed by atoms with Crippen LogP contribution in [0.3, 0.4) is 0 Å². The molecule has 2 rings (SSSR count). The van der Waals surface area contributed by atoms with Gasteiger partial charge in [0.25, 0.3) is 10.0 Å².